The molecule has 0 saturated carbocycles. The molecule has 2 aromatic carbocycles. The second kappa shape index (κ2) is 8.79. The number of ether oxygens (including phenoxy) is 1. The van der Waals surface area contributed by atoms with Gasteiger partial charge in [0.2, 0.25) is 0 Å². The van der Waals surface area contributed by atoms with Gasteiger partial charge in [-0.25, -0.2) is 0 Å². The van der Waals surface area contributed by atoms with E-state index in [4.69, 9.17) is 4.74 Å². The fourth-order valence-electron chi connectivity index (χ4n) is 3.31. The maximum Gasteiger partial charge on any atom is 0.253 e. The molecule has 0 radical (unpaired) electrons. The van der Waals surface area contributed by atoms with E-state index in [2.05, 4.69) is 35.9 Å². The minimum Gasteiger partial charge on any atom is -0.497 e. The summed E-state index contributed by atoms with van der Waals surface area (Å²) in [6.07, 6.45) is 0.965. The molecule has 1 heterocycles. The number of carbonyl (C=O) groups is 1. The van der Waals surface area contributed by atoms with Crippen LogP contribution < -0.4 is 10.1 Å². The van der Waals surface area contributed by atoms with E-state index in [0.29, 0.717) is 18.0 Å². The van der Waals surface area contributed by atoms with E-state index in [1.807, 2.05) is 55.5 Å². The van der Waals surface area contributed by atoms with Crippen molar-refractivity contribution < 1.29 is 9.53 Å². The molecule has 3 rings (SSSR count). The Morgan fingerprint density at radius 3 is 2.50 bits per heavy atom. The van der Waals surface area contributed by atoms with Gasteiger partial charge in [0.1, 0.15) is 5.75 Å². The van der Waals surface area contributed by atoms with Crippen LogP contribution in [0, 0.1) is 12.8 Å². The van der Waals surface area contributed by atoms with E-state index in [9.17, 15) is 4.79 Å². The largest absolute Gasteiger partial charge is 0.497 e. The third-order valence-corrected chi connectivity index (χ3v) is 4.88. The van der Waals surface area contributed by atoms with Gasteiger partial charge >= 0.3 is 0 Å². The summed E-state index contributed by atoms with van der Waals surface area (Å²) in [5.74, 6) is 1.32. The minimum atomic E-state index is -0.0306. The standard InChI is InChI=1S/C24H28N2O2/c1-17(2)13-14-25-24(27)22-16-23(19-9-8-12-21(15-19)28-4)26(18(22)3)20-10-6-5-7-11-20/h5-12,15-17H,13-14H2,1-4H3,(H,25,27). The smallest absolute Gasteiger partial charge is 0.253 e. The third kappa shape index (κ3) is 4.28. The van der Waals surface area contributed by atoms with Crippen LogP contribution in [0.4, 0.5) is 0 Å². The van der Waals surface area contributed by atoms with Crippen LogP contribution in [0.1, 0.15) is 36.3 Å². The summed E-state index contributed by atoms with van der Waals surface area (Å²) in [6, 6.07) is 20.0. The molecule has 0 aliphatic heterocycles. The van der Waals surface area contributed by atoms with Gasteiger partial charge in [-0.3, -0.25) is 4.79 Å². The summed E-state index contributed by atoms with van der Waals surface area (Å²) < 4.78 is 7.52. The number of para-hydroxylation sites is 1. The first-order valence-corrected chi connectivity index (χ1v) is 9.71. The number of hydrogen-bond acceptors (Lipinski definition) is 2. The second-order valence-electron chi connectivity index (χ2n) is 7.37. The topological polar surface area (TPSA) is 43.3 Å². The highest BCUT2D eigenvalue weighted by atomic mass is 16.5. The first kappa shape index (κ1) is 19.7. The Balaban J connectivity index is 2.06. The number of nitrogens with zero attached hydrogens (tertiary/aromatic N) is 1. The van der Waals surface area contributed by atoms with Crippen molar-refractivity contribution in [3.05, 3.63) is 71.9 Å². The van der Waals surface area contributed by atoms with Crippen molar-refractivity contribution in [1.82, 2.24) is 9.88 Å². The summed E-state index contributed by atoms with van der Waals surface area (Å²) in [5.41, 5.74) is 4.62. The average Bonchev–Trinajstić information content (AvgIpc) is 3.05. The summed E-state index contributed by atoms with van der Waals surface area (Å²) in [5, 5.41) is 3.06. The van der Waals surface area contributed by atoms with E-state index in [0.717, 1.165) is 34.8 Å². The maximum atomic E-state index is 12.8. The molecule has 0 saturated heterocycles. The van der Waals surface area contributed by atoms with Crippen LogP contribution in [0.25, 0.3) is 16.9 Å². The van der Waals surface area contributed by atoms with Crippen molar-refractivity contribution in [3.63, 3.8) is 0 Å². The Morgan fingerprint density at radius 2 is 1.82 bits per heavy atom. The SMILES string of the molecule is COc1cccc(-c2cc(C(=O)NCCC(C)C)c(C)n2-c2ccccc2)c1. The molecule has 28 heavy (non-hydrogen) atoms. The first-order chi connectivity index (χ1) is 13.5. The zero-order valence-corrected chi connectivity index (χ0v) is 17.0. The molecular weight excluding hydrogens is 348 g/mol. The molecule has 1 N–H and O–H groups in total. The zero-order chi connectivity index (χ0) is 20.1. The fraction of sp³-hybridized carbons (Fsp3) is 0.292. The molecule has 1 aromatic heterocycles. The molecule has 0 atom stereocenters. The monoisotopic (exact) mass is 376 g/mol. The molecule has 0 unspecified atom stereocenters. The number of carbonyl (C=O) groups excluding carboxylic acids is 1. The lowest BCUT2D eigenvalue weighted by Crippen LogP contribution is -2.25. The van der Waals surface area contributed by atoms with E-state index >= 15 is 0 Å². The lowest BCUT2D eigenvalue weighted by molar-refractivity contribution is 0.0951. The number of hydrogen-bond donors (Lipinski definition) is 1. The van der Waals surface area contributed by atoms with Gasteiger partial charge in [-0.2, -0.15) is 0 Å². The van der Waals surface area contributed by atoms with Crippen LogP contribution in [-0.2, 0) is 0 Å². The van der Waals surface area contributed by atoms with Crippen LogP contribution in [0.2, 0.25) is 0 Å². The Bertz CT molecular complexity index is 942. The number of aromatic nitrogens is 1. The van der Waals surface area contributed by atoms with Gasteiger partial charge in [0.25, 0.3) is 5.91 Å². The van der Waals surface area contributed by atoms with Crippen LogP contribution in [0.5, 0.6) is 5.75 Å². The van der Waals surface area contributed by atoms with Crippen molar-refractivity contribution in [1.29, 1.82) is 0 Å². The number of methoxy groups -OCH3 is 1. The van der Waals surface area contributed by atoms with E-state index < -0.39 is 0 Å². The second-order valence-corrected chi connectivity index (χ2v) is 7.37. The van der Waals surface area contributed by atoms with Gasteiger partial charge in [-0.15, -0.1) is 0 Å². The molecule has 0 bridgehead atoms. The summed E-state index contributed by atoms with van der Waals surface area (Å²) in [6.45, 7) is 6.99. The van der Waals surface area contributed by atoms with Gasteiger partial charge in [0.15, 0.2) is 0 Å². The molecular formula is C24H28N2O2. The molecule has 4 heteroatoms. The number of amides is 1. The Labute approximate surface area is 167 Å². The quantitative estimate of drug-likeness (QED) is 0.613. The van der Waals surface area contributed by atoms with Crippen molar-refractivity contribution in [2.45, 2.75) is 27.2 Å². The molecule has 0 aliphatic rings. The van der Waals surface area contributed by atoms with Crippen molar-refractivity contribution >= 4 is 5.91 Å². The van der Waals surface area contributed by atoms with Crippen molar-refractivity contribution in [2.75, 3.05) is 13.7 Å². The molecule has 0 fully saturated rings. The zero-order valence-electron chi connectivity index (χ0n) is 17.0. The minimum absolute atomic E-state index is 0.0306. The predicted molar refractivity (Wildman–Crippen MR) is 114 cm³/mol. The van der Waals surface area contributed by atoms with Crippen LogP contribution in [0.3, 0.4) is 0 Å². The van der Waals surface area contributed by atoms with E-state index in [-0.39, 0.29) is 5.91 Å². The van der Waals surface area contributed by atoms with Gasteiger partial charge in [0, 0.05) is 23.5 Å². The Kier molecular flexibility index (Phi) is 6.19. The number of rotatable bonds is 7. The number of benzene rings is 2. The van der Waals surface area contributed by atoms with Gasteiger partial charge < -0.3 is 14.6 Å². The highest BCUT2D eigenvalue weighted by molar-refractivity contribution is 5.97. The Hall–Kier alpha value is -3.01. The third-order valence-electron chi connectivity index (χ3n) is 4.88. The summed E-state index contributed by atoms with van der Waals surface area (Å²) in [7, 11) is 1.66. The average molecular weight is 377 g/mol. The van der Waals surface area contributed by atoms with Gasteiger partial charge in [-0.1, -0.05) is 44.2 Å². The molecule has 0 aliphatic carbocycles. The first-order valence-electron chi connectivity index (χ1n) is 9.71. The van der Waals surface area contributed by atoms with Gasteiger partial charge in [-0.05, 0) is 49.6 Å². The highest BCUT2D eigenvalue weighted by Gasteiger charge is 2.19. The maximum absolute atomic E-state index is 12.8. The molecule has 1 amide bonds. The van der Waals surface area contributed by atoms with E-state index in [1.165, 1.54) is 0 Å². The van der Waals surface area contributed by atoms with Crippen LogP contribution in [-0.4, -0.2) is 24.1 Å². The van der Waals surface area contributed by atoms with Crippen LogP contribution in [0.15, 0.2) is 60.7 Å². The summed E-state index contributed by atoms with van der Waals surface area (Å²) in [4.78, 5) is 12.8. The molecule has 0 spiro atoms. The normalized spacial score (nSPS) is 10.9. The van der Waals surface area contributed by atoms with E-state index in [1.54, 1.807) is 7.11 Å². The molecule has 4 nitrogen and oxygen atoms in total. The lowest BCUT2D eigenvalue weighted by atomic mass is 10.1. The Morgan fingerprint density at radius 1 is 1.07 bits per heavy atom. The predicted octanol–water partition coefficient (Wildman–Crippen LogP) is 5.24. The van der Waals surface area contributed by atoms with Crippen LogP contribution >= 0.6 is 0 Å². The highest BCUT2D eigenvalue weighted by Crippen LogP contribution is 2.31. The molecule has 3 aromatic rings. The number of nitrogens with one attached hydrogen (secondary N) is 1. The fourth-order valence-corrected chi connectivity index (χ4v) is 3.31. The lowest BCUT2D eigenvalue weighted by Gasteiger charge is -2.13. The van der Waals surface area contributed by atoms with Crippen molar-refractivity contribution in [2.24, 2.45) is 5.92 Å². The molecule has 146 valence electrons. The van der Waals surface area contributed by atoms with Gasteiger partial charge in [0.05, 0.1) is 18.4 Å². The van der Waals surface area contributed by atoms with Crippen molar-refractivity contribution in [3.8, 4) is 22.7 Å². The summed E-state index contributed by atoms with van der Waals surface area (Å²) >= 11 is 0.